The van der Waals surface area contributed by atoms with Crippen molar-refractivity contribution in [2.75, 3.05) is 12.4 Å². The van der Waals surface area contributed by atoms with Crippen LogP contribution in [0.1, 0.15) is 31.2 Å². The SMILES string of the molecule is COc1cc2ncnc(Nc3ccc(Oc4cccnc4)c(C)c3)c2cc1OC1CCC(N)CC1. The number of nitrogens with one attached hydrogen (secondary N) is 1. The van der Waals surface area contributed by atoms with E-state index in [1.165, 1.54) is 0 Å². The zero-order valence-corrected chi connectivity index (χ0v) is 19.9. The second-order valence-electron chi connectivity index (χ2n) is 8.79. The van der Waals surface area contributed by atoms with Crippen LogP contribution in [0.5, 0.6) is 23.0 Å². The monoisotopic (exact) mass is 471 g/mol. The number of hydrogen-bond acceptors (Lipinski definition) is 8. The number of rotatable bonds is 7. The highest BCUT2D eigenvalue weighted by atomic mass is 16.5. The third-order valence-electron chi connectivity index (χ3n) is 6.23. The number of aromatic nitrogens is 3. The molecule has 0 radical (unpaired) electrons. The Labute approximate surface area is 204 Å². The second-order valence-corrected chi connectivity index (χ2v) is 8.79. The number of methoxy groups -OCH3 is 1. The van der Waals surface area contributed by atoms with Crippen LogP contribution in [0.25, 0.3) is 10.9 Å². The maximum atomic E-state index is 6.34. The maximum Gasteiger partial charge on any atom is 0.162 e. The van der Waals surface area contributed by atoms with Crippen molar-refractivity contribution < 1.29 is 14.2 Å². The van der Waals surface area contributed by atoms with Crippen molar-refractivity contribution in [3.8, 4) is 23.0 Å². The molecule has 4 aromatic rings. The Hall–Kier alpha value is -3.91. The summed E-state index contributed by atoms with van der Waals surface area (Å²) in [5.41, 5.74) is 8.70. The van der Waals surface area contributed by atoms with E-state index in [0.29, 0.717) is 23.1 Å². The van der Waals surface area contributed by atoms with E-state index < -0.39 is 0 Å². The molecule has 0 aliphatic heterocycles. The molecular formula is C27H29N5O3. The van der Waals surface area contributed by atoms with E-state index in [1.807, 2.05) is 49.4 Å². The zero-order valence-electron chi connectivity index (χ0n) is 19.9. The van der Waals surface area contributed by atoms with Crippen LogP contribution in [0.15, 0.2) is 61.2 Å². The first kappa shape index (κ1) is 22.9. The molecule has 8 heteroatoms. The first-order chi connectivity index (χ1) is 17.1. The summed E-state index contributed by atoms with van der Waals surface area (Å²) in [6, 6.07) is 13.7. The van der Waals surface area contributed by atoms with Crippen LogP contribution in [0.2, 0.25) is 0 Å². The van der Waals surface area contributed by atoms with Gasteiger partial charge in [0, 0.05) is 29.4 Å². The Morgan fingerprint density at radius 3 is 2.57 bits per heavy atom. The zero-order chi connectivity index (χ0) is 24.2. The number of benzene rings is 2. The molecule has 1 aliphatic carbocycles. The molecule has 0 saturated heterocycles. The molecule has 2 aromatic heterocycles. The molecule has 0 amide bonds. The fourth-order valence-corrected chi connectivity index (χ4v) is 4.31. The number of aryl methyl sites for hydroxylation is 1. The number of nitrogens with zero attached hydrogens (tertiary/aromatic N) is 3. The molecule has 2 heterocycles. The van der Waals surface area contributed by atoms with Gasteiger partial charge in [0.05, 0.1) is 24.9 Å². The van der Waals surface area contributed by atoms with Crippen LogP contribution >= 0.6 is 0 Å². The highest BCUT2D eigenvalue weighted by Gasteiger charge is 2.22. The quantitative estimate of drug-likeness (QED) is 0.363. The Balaban J connectivity index is 1.40. The van der Waals surface area contributed by atoms with Gasteiger partial charge < -0.3 is 25.3 Å². The lowest BCUT2D eigenvalue weighted by Crippen LogP contribution is -2.31. The number of fused-ring (bicyclic) bond motifs is 1. The maximum absolute atomic E-state index is 6.34. The van der Waals surface area contributed by atoms with Gasteiger partial charge in [0.25, 0.3) is 0 Å². The third kappa shape index (κ3) is 5.27. The molecule has 0 bridgehead atoms. The van der Waals surface area contributed by atoms with Crippen molar-refractivity contribution in [1.29, 1.82) is 0 Å². The molecule has 1 saturated carbocycles. The molecule has 1 fully saturated rings. The lowest BCUT2D eigenvalue weighted by atomic mass is 9.94. The summed E-state index contributed by atoms with van der Waals surface area (Å²) in [5.74, 6) is 3.50. The van der Waals surface area contributed by atoms with Crippen molar-refractivity contribution in [1.82, 2.24) is 15.0 Å². The van der Waals surface area contributed by atoms with Gasteiger partial charge in [-0.05, 0) is 74.6 Å². The van der Waals surface area contributed by atoms with E-state index in [2.05, 4.69) is 20.3 Å². The van der Waals surface area contributed by atoms with Crippen LogP contribution in [0, 0.1) is 6.92 Å². The molecule has 5 rings (SSSR count). The summed E-state index contributed by atoms with van der Waals surface area (Å²) in [7, 11) is 1.64. The summed E-state index contributed by atoms with van der Waals surface area (Å²) in [5, 5.41) is 4.27. The molecule has 180 valence electrons. The largest absolute Gasteiger partial charge is 0.493 e. The molecule has 35 heavy (non-hydrogen) atoms. The standard InChI is InChI=1S/C27H29N5O3/c1-17-12-19(7-10-24(17)35-21-4-3-11-29-15-21)32-27-22-13-26(34-20-8-5-18(28)6-9-20)25(33-2)14-23(22)30-16-31-27/h3-4,7,10-16,18,20H,5-6,8-9,28H2,1-2H3,(H,30,31,32). The summed E-state index contributed by atoms with van der Waals surface area (Å²) in [6.45, 7) is 2.00. The number of hydrogen-bond donors (Lipinski definition) is 2. The average Bonchev–Trinajstić information content (AvgIpc) is 2.87. The summed E-state index contributed by atoms with van der Waals surface area (Å²) in [4.78, 5) is 13.0. The van der Waals surface area contributed by atoms with E-state index in [1.54, 1.807) is 25.8 Å². The van der Waals surface area contributed by atoms with Crippen molar-refractivity contribution in [3.63, 3.8) is 0 Å². The van der Waals surface area contributed by atoms with Crippen molar-refractivity contribution in [2.45, 2.75) is 44.8 Å². The van der Waals surface area contributed by atoms with Gasteiger partial charge in [0.15, 0.2) is 11.5 Å². The Morgan fingerprint density at radius 1 is 0.971 bits per heavy atom. The van der Waals surface area contributed by atoms with Crippen LogP contribution in [-0.4, -0.2) is 34.2 Å². The Morgan fingerprint density at radius 2 is 1.83 bits per heavy atom. The predicted molar refractivity (Wildman–Crippen MR) is 136 cm³/mol. The number of pyridine rings is 1. The van der Waals surface area contributed by atoms with Crippen molar-refractivity contribution in [2.24, 2.45) is 5.73 Å². The molecule has 0 unspecified atom stereocenters. The van der Waals surface area contributed by atoms with Gasteiger partial charge in [-0.25, -0.2) is 9.97 Å². The van der Waals surface area contributed by atoms with Gasteiger partial charge >= 0.3 is 0 Å². The smallest absolute Gasteiger partial charge is 0.162 e. The van der Waals surface area contributed by atoms with Gasteiger partial charge in [-0.2, -0.15) is 0 Å². The Kier molecular flexibility index (Phi) is 6.63. The first-order valence-electron chi connectivity index (χ1n) is 11.8. The van der Waals surface area contributed by atoms with E-state index in [-0.39, 0.29) is 12.1 Å². The van der Waals surface area contributed by atoms with E-state index >= 15 is 0 Å². The minimum absolute atomic E-state index is 0.122. The van der Waals surface area contributed by atoms with Gasteiger partial charge in [0.1, 0.15) is 23.6 Å². The molecule has 8 nitrogen and oxygen atoms in total. The van der Waals surface area contributed by atoms with Crippen LogP contribution < -0.4 is 25.3 Å². The van der Waals surface area contributed by atoms with Crippen LogP contribution in [0.3, 0.4) is 0 Å². The summed E-state index contributed by atoms with van der Waals surface area (Å²) < 4.78 is 17.9. The summed E-state index contributed by atoms with van der Waals surface area (Å²) in [6.07, 6.45) is 8.88. The molecule has 0 spiro atoms. The van der Waals surface area contributed by atoms with Gasteiger partial charge in [-0.15, -0.1) is 0 Å². The van der Waals surface area contributed by atoms with E-state index in [4.69, 9.17) is 19.9 Å². The average molecular weight is 472 g/mol. The third-order valence-corrected chi connectivity index (χ3v) is 6.23. The number of ether oxygens (including phenoxy) is 3. The molecule has 1 aliphatic rings. The van der Waals surface area contributed by atoms with Crippen molar-refractivity contribution >= 4 is 22.4 Å². The topological polar surface area (TPSA) is 104 Å². The van der Waals surface area contributed by atoms with E-state index in [0.717, 1.165) is 53.6 Å². The minimum atomic E-state index is 0.122. The number of anilines is 2. The van der Waals surface area contributed by atoms with Gasteiger partial charge in [-0.1, -0.05) is 0 Å². The highest BCUT2D eigenvalue weighted by molar-refractivity contribution is 5.93. The summed E-state index contributed by atoms with van der Waals surface area (Å²) >= 11 is 0. The molecular weight excluding hydrogens is 442 g/mol. The van der Waals surface area contributed by atoms with Crippen LogP contribution in [-0.2, 0) is 0 Å². The van der Waals surface area contributed by atoms with Crippen LogP contribution in [0.4, 0.5) is 11.5 Å². The highest BCUT2D eigenvalue weighted by Crippen LogP contribution is 2.37. The van der Waals surface area contributed by atoms with E-state index in [9.17, 15) is 0 Å². The van der Waals surface area contributed by atoms with Gasteiger partial charge in [-0.3, -0.25) is 4.98 Å². The fraction of sp³-hybridized carbons (Fsp3) is 0.296. The normalized spacial score (nSPS) is 17.7. The Bertz CT molecular complexity index is 1310. The minimum Gasteiger partial charge on any atom is -0.493 e. The lowest BCUT2D eigenvalue weighted by molar-refractivity contribution is 0.142. The molecule has 0 atom stereocenters. The first-order valence-corrected chi connectivity index (χ1v) is 11.8. The number of nitrogens with two attached hydrogens (primary N) is 1. The molecule has 3 N–H and O–H groups in total. The van der Waals surface area contributed by atoms with Crippen molar-refractivity contribution in [3.05, 3.63) is 66.7 Å². The fourth-order valence-electron chi connectivity index (χ4n) is 4.31. The second kappa shape index (κ2) is 10.1. The molecule has 2 aromatic carbocycles. The predicted octanol–water partition coefficient (Wildman–Crippen LogP) is 5.53. The lowest BCUT2D eigenvalue weighted by Gasteiger charge is -2.27. The van der Waals surface area contributed by atoms with Gasteiger partial charge in [0.2, 0.25) is 0 Å².